The van der Waals surface area contributed by atoms with Gasteiger partial charge < -0.3 is 10.6 Å². The van der Waals surface area contributed by atoms with E-state index in [1.165, 1.54) is 18.3 Å². The molecule has 0 saturated heterocycles. The zero-order valence-electron chi connectivity index (χ0n) is 24.3. The van der Waals surface area contributed by atoms with Crippen LogP contribution in [0.2, 0.25) is 5.02 Å². The quantitative estimate of drug-likeness (QED) is 0.197. The smallest absolute Gasteiger partial charge is 0.123 e. The second-order valence-corrected chi connectivity index (χ2v) is 11.2. The molecule has 2 aromatic heterocycles. The van der Waals surface area contributed by atoms with Crippen molar-refractivity contribution in [1.29, 1.82) is 5.26 Å². The van der Waals surface area contributed by atoms with E-state index >= 15 is 0 Å². The summed E-state index contributed by atoms with van der Waals surface area (Å²) in [6.07, 6.45) is 3.99. The maximum Gasteiger partial charge on any atom is 0.123 e. The number of anilines is 2. The van der Waals surface area contributed by atoms with E-state index in [-0.39, 0.29) is 11.6 Å². The van der Waals surface area contributed by atoms with E-state index in [0.29, 0.717) is 44.1 Å². The van der Waals surface area contributed by atoms with Crippen molar-refractivity contribution in [3.8, 4) is 6.07 Å². The molecule has 41 heavy (non-hydrogen) atoms. The van der Waals surface area contributed by atoms with Crippen molar-refractivity contribution in [1.82, 2.24) is 20.0 Å². The minimum atomic E-state index is -1.65. The summed E-state index contributed by atoms with van der Waals surface area (Å²) in [4.78, 5) is 4.48. The van der Waals surface area contributed by atoms with E-state index in [4.69, 9.17) is 11.6 Å². The van der Waals surface area contributed by atoms with Gasteiger partial charge in [-0.2, -0.15) is 5.26 Å². The minimum Gasteiger partial charge on any atom is -0.377 e. The lowest BCUT2D eigenvalue weighted by molar-refractivity contribution is 0.347. The summed E-state index contributed by atoms with van der Waals surface area (Å²) in [7, 11) is 0. The second-order valence-electron chi connectivity index (χ2n) is 10.8. The number of hydrogen-bond donors (Lipinski definition) is 2. The molecular formula is C32H31ClFN7. The molecule has 2 N–H and O–H groups in total. The van der Waals surface area contributed by atoms with Crippen LogP contribution in [0.3, 0.4) is 0 Å². The molecule has 0 saturated carbocycles. The fourth-order valence-corrected chi connectivity index (χ4v) is 4.87. The van der Waals surface area contributed by atoms with Gasteiger partial charge in [0.2, 0.25) is 0 Å². The van der Waals surface area contributed by atoms with Gasteiger partial charge in [0, 0.05) is 17.3 Å². The molecule has 0 aliphatic heterocycles. The second kappa shape index (κ2) is 11.6. The molecule has 0 bridgehead atoms. The number of pyridine rings is 1. The highest BCUT2D eigenvalue weighted by Gasteiger charge is 2.23. The fraction of sp³-hybridized carbons (Fsp3) is 0.250. The normalized spacial score (nSPS) is 14.1. The van der Waals surface area contributed by atoms with Gasteiger partial charge in [-0.15, -0.1) is 5.10 Å². The molecule has 3 aromatic carbocycles. The summed E-state index contributed by atoms with van der Waals surface area (Å²) in [5.41, 5.74) is 3.46. The van der Waals surface area contributed by atoms with Crippen molar-refractivity contribution in [2.45, 2.75) is 51.7 Å². The number of nitrogens with one attached hydrogen (secondary N) is 2. The molecule has 5 rings (SSSR count). The summed E-state index contributed by atoms with van der Waals surface area (Å²) in [5, 5.41) is 26.4. The van der Waals surface area contributed by atoms with Gasteiger partial charge in [0.1, 0.15) is 17.6 Å². The van der Waals surface area contributed by atoms with Gasteiger partial charge in [0.15, 0.2) is 0 Å². The third kappa shape index (κ3) is 6.01. The molecule has 7 nitrogen and oxygen atoms in total. The Morgan fingerprint density at radius 3 is 2.44 bits per heavy atom. The van der Waals surface area contributed by atoms with E-state index in [9.17, 15) is 11.0 Å². The number of hydrogen-bond acceptors (Lipinski definition) is 6. The van der Waals surface area contributed by atoms with Crippen LogP contribution in [0, 0.1) is 17.1 Å². The molecule has 2 heterocycles. The van der Waals surface area contributed by atoms with Gasteiger partial charge in [-0.3, -0.25) is 4.98 Å². The van der Waals surface area contributed by atoms with E-state index < -0.39 is 11.8 Å². The number of benzene rings is 3. The average Bonchev–Trinajstić information content (AvgIpc) is 3.49. The average molecular weight is 569 g/mol. The van der Waals surface area contributed by atoms with Crippen LogP contribution in [0.15, 0.2) is 79.1 Å². The predicted molar refractivity (Wildman–Crippen MR) is 161 cm³/mol. The molecule has 9 heteroatoms. The summed E-state index contributed by atoms with van der Waals surface area (Å²) in [6, 6.07) is 19.7. The lowest BCUT2D eigenvalue weighted by Gasteiger charge is -2.23. The van der Waals surface area contributed by atoms with Crippen LogP contribution in [0.25, 0.3) is 10.9 Å². The molecule has 208 valence electrons. The van der Waals surface area contributed by atoms with Crippen LogP contribution in [0.1, 0.15) is 69.9 Å². The Hall–Kier alpha value is -4.48. The lowest BCUT2D eigenvalue weighted by Crippen LogP contribution is -2.22. The van der Waals surface area contributed by atoms with Gasteiger partial charge in [0.05, 0.1) is 47.0 Å². The Balaban J connectivity index is 1.64. The van der Waals surface area contributed by atoms with E-state index in [2.05, 4.69) is 38.9 Å². The zero-order chi connectivity index (χ0) is 30.1. The van der Waals surface area contributed by atoms with E-state index in [1.807, 2.05) is 57.2 Å². The van der Waals surface area contributed by atoms with Crippen LogP contribution < -0.4 is 10.6 Å². The van der Waals surface area contributed by atoms with Crippen molar-refractivity contribution in [3.63, 3.8) is 0 Å². The summed E-state index contributed by atoms with van der Waals surface area (Å²) >= 11 is 6.77. The first kappa shape index (κ1) is 26.7. The summed E-state index contributed by atoms with van der Waals surface area (Å²) in [6.45, 7) is 8.03. The maximum atomic E-state index is 13.9. The molecule has 0 aliphatic carbocycles. The number of fused-ring (bicyclic) bond motifs is 1. The first-order valence-electron chi connectivity index (χ1n) is 13.8. The molecular weight excluding hydrogens is 537 g/mol. The van der Waals surface area contributed by atoms with Crippen LogP contribution in [0.4, 0.5) is 15.8 Å². The standard InChI is InChI=1S/C32H31ClFN7/c1-5-27(20-9-7-6-8-10-20)38-29-22(17-35)18-36-31-25(29)15-24(16-26(31)33)37-30(21-11-13-23(34)14-12-21)28-19-41(40-39-28)32(2,3)4/h6-16,18-19,27,30,37H,5H2,1-4H3,(H,36,38)/t27-,30?/m1/s1/i30D. The molecule has 2 atom stereocenters. The largest absolute Gasteiger partial charge is 0.377 e. The number of nitrogens with zero attached hydrogens (tertiary/aromatic N) is 5. The van der Waals surface area contributed by atoms with Gasteiger partial charge in [0.25, 0.3) is 0 Å². The van der Waals surface area contributed by atoms with Crippen molar-refractivity contribution in [3.05, 3.63) is 112 Å². The topological polar surface area (TPSA) is 91.5 Å². The zero-order valence-corrected chi connectivity index (χ0v) is 24.0. The van der Waals surface area contributed by atoms with Crippen LogP contribution in [-0.4, -0.2) is 20.0 Å². The van der Waals surface area contributed by atoms with E-state index in [1.54, 1.807) is 29.1 Å². The molecule has 5 aromatic rings. The first-order chi connectivity index (χ1) is 20.0. The summed E-state index contributed by atoms with van der Waals surface area (Å²) in [5.74, 6) is -0.414. The number of nitriles is 1. The molecule has 0 radical (unpaired) electrons. The number of halogens is 2. The van der Waals surface area contributed by atoms with Crippen LogP contribution in [-0.2, 0) is 5.54 Å². The van der Waals surface area contributed by atoms with Gasteiger partial charge in [-0.05, 0) is 62.6 Å². The van der Waals surface area contributed by atoms with E-state index in [0.717, 1.165) is 12.0 Å². The third-order valence-electron chi connectivity index (χ3n) is 6.81. The highest BCUT2D eigenvalue weighted by atomic mass is 35.5. The predicted octanol–water partition coefficient (Wildman–Crippen LogP) is 8.01. The highest BCUT2D eigenvalue weighted by Crippen LogP contribution is 2.37. The third-order valence-corrected chi connectivity index (χ3v) is 7.10. The maximum absolute atomic E-state index is 13.9. The fourth-order valence-electron chi connectivity index (χ4n) is 4.60. The number of aromatic nitrogens is 4. The minimum absolute atomic E-state index is 0.0683. The van der Waals surface area contributed by atoms with Crippen molar-refractivity contribution >= 4 is 33.9 Å². The Kier molecular flexibility index (Phi) is 7.53. The molecule has 0 spiro atoms. The Morgan fingerprint density at radius 1 is 1.07 bits per heavy atom. The Bertz CT molecular complexity index is 1760. The van der Waals surface area contributed by atoms with Crippen LogP contribution >= 0.6 is 11.6 Å². The summed E-state index contributed by atoms with van der Waals surface area (Å²) < 4.78 is 25.2. The van der Waals surface area contributed by atoms with Crippen molar-refractivity contribution in [2.24, 2.45) is 0 Å². The molecule has 1 unspecified atom stereocenters. The monoisotopic (exact) mass is 568 g/mol. The van der Waals surface area contributed by atoms with Gasteiger partial charge in [-0.25, -0.2) is 9.07 Å². The highest BCUT2D eigenvalue weighted by molar-refractivity contribution is 6.35. The lowest BCUT2D eigenvalue weighted by atomic mass is 10.0. The van der Waals surface area contributed by atoms with Crippen LogP contribution in [0.5, 0.6) is 0 Å². The van der Waals surface area contributed by atoms with Gasteiger partial charge in [-0.1, -0.05) is 66.2 Å². The Labute approximate surface area is 245 Å². The van der Waals surface area contributed by atoms with Crippen molar-refractivity contribution < 1.29 is 5.76 Å². The van der Waals surface area contributed by atoms with Crippen molar-refractivity contribution in [2.75, 3.05) is 10.6 Å². The van der Waals surface area contributed by atoms with Gasteiger partial charge >= 0.3 is 0 Å². The molecule has 0 fully saturated rings. The SMILES string of the molecule is [2H]C(Nc1cc(Cl)c2ncc(C#N)c(N[C@H](CC)c3ccccc3)c2c1)(c1ccc(F)cc1)c1cn(C(C)(C)C)nn1. The first-order valence-corrected chi connectivity index (χ1v) is 13.7. The Morgan fingerprint density at radius 2 is 1.80 bits per heavy atom. The molecule has 0 amide bonds. The number of rotatable bonds is 8. The molecule has 0 aliphatic rings.